The Balaban J connectivity index is 1.99. The van der Waals surface area contributed by atoms with Crippen LogP contribution in [0.15, 0.2) is 30.7 Å². The van der Waals surface area contributed by atoms with Gasteiger partial charge in [-0.25, -0.2) is 4.68 Å². The van der Waals surface area contributed by atoms with E-state index >= 15 is 0 Å². The van der Waals surface area contributed by atoms with Crippen molar-refractivity contribution < 1.29 is 9.53 Å². The number of pyridine rings is 1. The molecule has 0 saturated heterocycles. The zero-order valence-corrected chi connectivity index (χ0v) is 11.1. The van der Waals surface area contributed by atoms with Crippen LogP contribution in [0, 0.1) is 0 Å². The monoisotopic (exact) mass is 280 g/mol. The van der Waals surface area contributed by atoms with Crippen LogP contribution in [0.4, 0.5) is 5.69 Å². The molecule has 2 aromatic heterocycles. The van der Waals surface area contributed by atoms with Crippen molar-refractivity contribution in [2.75, 3.05) is 18.5 Å². The summed E-state index contributed by atoms with van der Waals surface area (Å²) in [5.74, 6) is -0.307. The first-order chi connectivity index (χ1) is 9.16. The van der Waals surface area contributed by atoms with Gasteiger partial charge in [0.2, 0.25) is 0 Å². The number of carbonyl (C=O) groups is 1. The molecule has 0 radical (unpaired) electrons. The lowest BCUT2D eigenvalue weighted by molar-refractivity contribution is -0.140. The third-order valence-electron chi connectivity index (χ3n) is 2.30. The molecule has 2 aromatic rings. The fourth-order valence-corrected chi connectivity index (χ4v) is 1.67. The molecule has 2 rings (SSSR count). The Morgan fingerprint density at radius 2 is 2.42 bits per heavy atom. The van der Waals surface area contributed by atoms with Crippen LogP contribution in [0.1, 0.15) is 6.92 Å². The molecule has 19 heavy (non-hydrogen) atoms. The van der Waals surface area contributed by atoms with Crippen LogP contribution in [-0.4, -0.2) is 33.9 Å². The number of aromatic nitrogens is 3. The molecule has 0 bridgehead atoms. The van der Waals surface area contributed by atoms with Crippen molar-refractivity contribution in [1.82, 2.24) is 14.8 Å². The molecule has 0 unspecified atom stereocenters. The Morgan fingerprint density at radius 1 is 1.58 bits per heavy atom. The number of anilines is 1. The smallest absolute Gasteiger partial charge is 0.302 e. The summed E-state index contributed by atoms with van der Waals surface area (Å²) in [6.07, 6.45) is 5.13. The molecular weight excluding hydrogens is 268 g/mol. The number of nitrogens with zero attached hydrogens (tertiary/aromatic N) is 3. The first-order valence-electron chi connectivity index (χ1n) is 5.69. The maximum absolute atomic E-state index is 10.6. The summed E-state index contributed by atoms with van der Waals surface area (Å²) >= 11 is 6.01. The zero-order chi connectivity index (χ0) is 13.7. The number of hydrogen-bond acceptors (Lipinski definition) is 5. The van der Waals surface area contributed by atoms with Crippen LogP contribution >= 0.6 is 11.6 Å². The van der Waals surface area contributed by atoms with E-state index in [-0.39, 0.29) is 12.6 Å². The van der Waals surface area contributed by atoms with Crippen molar-refractivity contribution in [3.8, 4) is 5.69 Å². The van der Waals surface area contributed by atoms with E-state index in [1.165, 1.54) is 6.92 Å². The standard InChI is InChI=1S/C12H13ClN4O2/c1-9(18)19-6-5-15-11-8-17(16-12(11)13)10-3-2-4-14-7-10/h2-4,7-8,15H,5-6H2,1H3. The maximum atomic E-state index is 10.6. The normalized spacial score (nSPS) is 10.2. The Kier molecular flexibility index (Phi) is 4.35. The molecule has 2 heterocycles. The lowest BCUT2D eigenvalue weighted by atomic mass is 10.4. The largest absolute Gasteiger partial charge is 0.464 e. The van der Waals surface area contributed by atoms with E-state index in [4.69, 9.17) is 16.3 Å². The summed E-state index contributed by atoms with van der Waals surface area (Å²) in [6, 6.07) is 3.69. The molecule has 6 nitrogen and oxygen atoms in total. The predicted octanol–water partition coefficient (Wildman–Crippen LogP) is 1.90. The molecule has 0 aliphatic rings. The molecule has 100 valence electrons. The van der Waals surface area contributed by atoms with Gasteiger partial charge in [-0.3, -0.25) is 9.78 Å². The molecule has 1 N–H and O–H groups in total. The molecule has 0 spiro atoms. The Morgan fingerprint density at radius 3 is 3.11 bits per heavy atom. The van der Waals surface area contributed by atoms with Crippen LogP contribution in [0.5, 0.6) is 0 Å². The van der Waals surface area contributed by atoms with E-state index in [1.807, 2.05) is 12.1 Å². The van der Waals surface area contributed by atoms with E-state index in [0.29, 0.717) is 17.4 Å². The van der Waals surface area contributed by atoms with Gasteiger partial charge >= 0.3 is 5.97 Å². The summed E-state index contributed by atoms with van der Waals surface area (Å²) in [5.41, 5.74) is 1.50. The number of carbonyl (C=O) groups excluding carboxylic acids is 1. The second kappa shape index (κ2) is 6.19. The van der Waals surface area contributed by atoms with Crippen LogP contribution < -0.4 is 5.32 Å². The Bertz CT molecular complexity index is 556. The molecule has 0 amide bonds. The minimum absolute atomic E-state index is 0.281. The van der Waals surface area contributed by atoms with Crippen LogP contribution in [-0.2, 0) is 9.53 Å². The van der Waals surface area contributed by atoms with Crippen molar-refractivity contribution in [2.24, 2.45) is 0 Å². The molecule has 0 fully saturated rings. The lowest BCUT2D eigenvalue weighted by Gasteiger charge is -2.03. The van der Waals surface area contributed by atoms with Gasteiger partial charge in [0.05, 0.1) is 23.8 Å². The average Bonchev–Trinajstić information content (AvgIpc) is 2.77. The summed E-state index contributed by atoms with van der Waals surface area (Å²) in [6.45, 7) is 2.12. The SMILES string of the molecule is CC(=O)OCCNc1cn(-c2cccnc2)nc1Cl. The van der Waals surface area contributed by atoms with Crippen LogP contribution in [0.3, 0.4) is 0 Å². The topological polar surface area (TPSA) is 69.0 Å². The van der Waals surface area contributed by atoms with Gasteiger partial charge in [-0.1, -0.05) is 11.6 Å². The van der Waals surface area contributed by atoms with Crippen LogP contribution in [0.2, 0.25) is 5.15 Å². The van der Waals surface area contributed by atoms with Gasteiger partial charge in [0.1, 0.15) is 6.61 Å². The highest BCUT2D eigenvalue weighted by molar-refractivity contribution is 6.32. The molecular formula is C12H13ClN4O2. The van der Waals surface area contributed by atoms with Crippen molar-refractivity contribution in [3.63, 3.8) is 0 Å². The highest BCUT2D eigenvalue weighted by Crippen LogP contribution is 2.21. The van der Waals surface area contributed by atoms with Crippen LogP contribution in [0.25, 0.3) is 5.69 Å². The van der Waals surface area contributed by atoms with Crippen molar-refractivity contribution in [1.29, 1.82) is 0 Å². The van der Waals surface area contributed by atoms with Crippen molar-refractivity contribution in [3.05, 3.63) is 35.9 Å². The van der Waals surface area contributed by atoms with Crippen molar-refractivity contribution in [2.45, 2.75) is 6.92 Å². The number of rotatable bonds is 5. The van der Waals surface area contributed by atoms with Crippen molar-refractivity contribution >= 4 is 23.3 Å². The van der Waals surface area contributed by atoms with Gasteiger partial charge in [-0.2, -0.15) is 5.10 Å². The predicted molar refractivity (Wildman–Crippen MR) is 71.5 cm³/mol. The number of ether oxygens (including phenoxy) is 1. The number of nitrogens with one attached hydrogen (secondary N) is 1. The molecule has 7 heteroatoms. The number of halogens is 1. The number of hydrogen-bond donors (Lipinski definition) is 1. The summed E-state index contributed by atoms with van der Waals surface area (Å²) in [4.78, 5) is 14.6. The quantitative estimate of drug-likeness (QED) is 0.669. The second-order valence-electron chi connectivity index (χ2n) is 3.76. The average molecular weight is 281 g/mol. The van der Waals surface area contributed by atoms with Gasteiger partial charge in [0, 0.05) is 19.7 Å². The molecule has 0 aliphatic carbocycles. The highest BCUT2D eigenvalue weighted by Gasteiger charge is 2.07. The first-order valence-corrected chi connectivity index (χ1v) is 6.07. The first kappa shape index (κ1) is 13.4. The fraction of sp³-hybridized carbons (Fsp3) is 0.250. The molecule has 0 aliphatic heterocycles. The third kappa shape index (κ3) is 3.69. The Hall–Kier alpha value is -2.08. The summed E-state index contributed by atoms with van der Waals surface area (Å²) in [5, 5.41) is 7.57. The van der Waals surface area contributed by atoms with E-state index in [0.717, 1.165) is 5.69 Å². The van der Waals surface area contributed by atoms with Gasteiger partial charge in [-0.15, -0.1) is 0 Å². The van der Waals surface area contributed by atoms with E-state index in [1.54, 1.807) is 23.3 Å². The molecule has 0 aromatic carbocycles. The molecule has 0 atom stereocenters. The Labute approximate surface area is 115 Å². The highest BCUT2D eigenvalue weighted by atomic mass is 35.5. The molecule has 0 saturated carbocycles. The maximum Gasteiger partial charge on any atom is 0.302 e. The fourth-order valence-electron chi connectivity index (χ4n) is 1.47. The van der Waals surface area contributed by atoms with Gasteiger partial charge < -0.3 is 10.1 Å². The lowest BCUT2D eigenvalue weighted by Crippen LogP contribution is -2.11. The second-order valence-corrected chi connectivity index (χ2v) is 4.11. The van der Waals surface area contributed by atoms with Gasteiger partial charge in [0.15, 0.2) is 5.15 Å². The van der Waals surface area contributed by atoms with E-state index < -0.39 is 0 Å². The van der Waals surface area contributed by atoms with E-state index in [2.05, 4.69) is 15.4 Å². The van der Waals surface area contributed by atoms with E-state index in [9.17, 15) is 4.79 Å². The number of esters is 1. The third-order valence-corrected chi connectivity index (χ3v) is 2.58. The van der Waals surface area contributed by atoms with Gasteiger partial charge in [0.25, 0.3) is 0 Å². The van der Waals surface area contributed by atoms with Gasteiger partial charge in [-0.05, 0) is 12.1 Å². The minimum atomic E-state index is -0.307. The zero-order valence-electron chi connectivity index (χ0n) is 10.3. The summed E-state index contributed by atoms with van der Waals surface area (Å²) in [7, 11) is 0. The minimum Gasteiger partial charge on any atom is -0.464 e. The summed E-state index contributed by atoms with van der Waals surface area (Å²) < 4.78 is 6.44.